The number of nitrogens with zero attached hydrogens (tertiary/aromatic N) is 5. The summed E-state index contributed by atoms with van der Waals surface area (Å²) < 4.78 is 0. The summed E-state index contributed by atoms with van der Waals surface area (Å²) in [5, 5.41) is 23.4. The molecule has 0 bridgehead atoms. The molecular formula is C13H19N6O3S+. The number of nitrogens with one attached hydrogen (secondary N) is 1. The predicted molar refractivity (Wildman–Crippen MR) is 82.5 cm³/mol. The lowest BCUT2D eigenvalue weighted by atomic mass is 9.89. The number of aliphatic hydroxyl groups excluding tert-OH is 1. The second-order valence-corrected chi connectivity index (χ2v) is 5.95. The molecule has 23 heavy (non-hydrogen) atoms. The van der Waals surface area contributed by atoms with Crippen LogP contribution in [0, 0.1) is 5.53 Å². The Morgan fingerprint density at radius 1 is 1.61 bits per heavy atom. The van der Waals surface area contributed by atoms with Crippen LogP contribution in [0.15, 0.2) is 16.5 Å². The van der Waals surface area contributed by atoms with Crippen LogP contribution in [0.5, 0.6) is 0 Å². The summed E-state index contributed by atoms with van der Waals surface area (Å²) in [4.78, 5) is 24.0. The van der Waals surface area contributed by atoms with Gasteiger partial charge in [-0.15, -0.1) is 0 Å². The standard InChI is InChI=1S/C13H18N6O3S/c1-23-12-15-6-9(10(20)7-16-18-14)11(17-12)8-2-4-19(5-3-8)13(21)22/h6,8,10,14,20H,2-5,7H2,1H3/p+1. The minimum atomic E-state index is -0.924. The molecule has 1 unspecified atom stereocenters. The minimum absolute atomic E-state index is 0.0214. The monoisotopic (exact) mass is 339 g/mol. The van der Waals surface area contributed by atoms with Crippen molar-refractivity contribution in [1.82, 2.24) is 19.8 Å². The van der Waals surface area contributed by atoms with Crippen molar-refractivity contribution in [2.45, 2.75) is 30.0 Å². The molecular weight excluding hydrogens is 320 g/mol. The van der Waals surface area contributed by atoms with Gasteiger partial charge in [-0.1, -0.05) is 11.8 Å². The fourth-order valence-electron chi connectivity index (χ4n) is 2.63. The first-order valence-electron chi connectivity index (χ1n) is 7.16. The number of rotatable bonds is 5. The topological polar surface area (TPSA) is 137 Å². The van der Waals surface area contributed by atoms with E-state index >= 15 is 0 Å². The summed E-state index contributed by atoms with van der Waals surface area (Å²) in [6.07, 6.45) is 2.92. The fraction of sp³-hybridized carbons (Fsp3) is 0.615. The van der Waals surface area contributed by atoms with Gasteiger partial charge in [0.1, 0.15) is 16.7 Å². The van der Waals surface area contributed by atoms with Crippen LogP contribution in [0.3, 0.4) is 0 Å². The van der Waals surface area contributed by atoms with Crippen molar-refractivity contribution in [3.05, 3.63) is 17.5 Å². The zero-order valence-electron chi connectivity index (χ0n) is 12.7. The van der Waals surface area contributed by atoms with Gasteiger partial charge in [0.15, 0.2) is 11.7 Å². The lowest BCUT2D eigenvalue weighted by molar-refractivity contribution is 0.130. The SMILES string of the molecule is CSc1ncc(C(O)CN=[N+]=N)c(C2CCN(C(=O)O)CC2)n1. The van der Waals surface area contributed by atoms with Gasteiger partial charge >= 0.3 is 6.09 Å². The van der Waals surface area contributed by atoms with Crippen molar-refractivity contribution in [2.75, 3.05) is 25.9 Å². The highest BCUT2D eigenvalue weighted by Gasteiger charge is 2.28. The highest BCUT2D eigenvalue weighted by atomic mass is 32.2. The maximum absolute atomic E-state index is 11.0. The van der Waals surface area contributed by atoms with Crippen LogP contribution in [-0.2, 0) is 0 Å². The second-order valence-electron chi connectivity index (χ2n) is 5.18. The Morgan fingerprint density at radius 2 is 2.30 bits per heavy atom. The lowest BCUT2D eigenvalue weighted by Crippen LogP contribution is -2.37. The van der Waals surface area contributed by atoms with E-state index < -0.39 is 12.2 Å². The summed E-state index contributed by atoms with van der Waals surface area (Å²) in [5.41, 5.74) is 8.00. The van der Waals surface area contributed by atoms with Gasteiger partial charge in [-0.3, -0.25) is 0 Å². The van der Waals surface area contributed by atoms with Crippen LogP contribution in [0.25, 0.3) is 0 Å². The number of carbonyl (C=O) groups is 1. The number of likely N-dealkylation sites (tertiary alicyclic amines) is 1. The van der Waals surface area contributed by atoms with E-state index in [0.29, 0.717) is 36.7 Å². The Balaban J connectivity index is 2.24. The maximum Gasteiger partial charge on any atom is 0.407 e. The zero-order chi connectivity index (χ0) is 16.8. The molecule has 1 aliphatic heterocycles. The molecule has 0 aromatic carbocycles. The third-order valence-electron chi connectivity index (χ3n) is 3.84. The average Bonchev–Trinajstić information content (AvgIpc) is 2.59. The molecule has 2 rings (SSSR count). The molecule has 0 saturated carbocycles. The molecule has 3 N–H and O–H groups in total. The van der Waals surface area contributed by atoms with E-state index in [4.69, 9.17) is 10.6 Å². The van der Waals surface area contributed by atoms with Gasteiger partial charge in [-0.25, -0.2) is 14.8 Å². The number of carboxylic acid groups (broad SMARTS) is 1. The number of aliphatic hydroxyl groups is 1. The molecule has 124 valence electrons. The molecule has 1 aromatic rings. The highest BCUT2D eigenvalue weighted by Crippen LogP contribution is 2.32. The van der Waals surface area contributed by atoms with E-state index in [1.807, 2.05) is 6.26 Å². The summed E-state index contributed by atoms with van der Waals surface area (Å²) in [6, 6.07) is 0. The summed E-state index contributed by atoms with van der Waals surface area (Å²) >= 11 is 1.41. The third kappa shape index (κ3) is 4.25. The highest BCUT2D eigenvalue weighted by molar-refractivity contribution is 7.98. The van der Waals surface area contributed by atoms with Gasteiger partial charge in [0.05, 0.1) is 5.69 Å². The summed E-state index contributed by atoms with van der Waals surface area (Å²) in [5.74, 6) is 0.0668. The zero-order valence-corrected chi connectivity index (χ0v) is 13.5. The smallest absolute Gasteiger partial charge is 0.407 e. The Bertz CT molecular complexity index is 614. The number of aromatic nitrogens is 2. The van der Waals surface area contributed by atoms with Gasteiger partial charge in [-0.2, -0.15) is 0 Å². The number of hydrogen-bond acceptors (Lipinski definition) is 7. The molecule has 9 nitrogen and oxygen atoms in total. The van der Waals surface area contributed by atoms with Crippen molar-refractivity contribution >= 4 is 17.9 Å². The number of hydrogen-bond donors (Lipinski definition) is 3. The van der Waals surface area contributed by atoms with E-state index in [0.717, 1.165) is 5.69 Å². The second kappa shape index (κ2) is 8.00. The predicted octanol–water partition coefficient (Wildman–Crippen LogP) is 1.64. The molecule has 0 radical (unpaired) electrons. The van der Waals surface area contributed by atoms with E-state index in [1.54, 1.807) is 6.20 Å². The Labute approximate surface area is 137 Å². The minimum Gasteiger partial charge on any atom is -0.465 e. The molecule has 0 spiro atoms. The molecule has 10 heteroatoms. The van der Waals surface area contributed by atoms with Crippen molar-refractivity contribution in [3.8, 4) is 0 Å². The van der Waals surface area contributed by atoms with Crippen LogP contribution in [0.2, 0.25) is 0 Å². The molecule has 1 amide bonds. The Hall–Kier alpha value is -2.03. The van der Waals surface area contributed by atoms with Crippen molar-refractivity contribution in [2.24, 2.45) is 5.11 Å². The quantitative estimate of drug-likeness (QED) is 0.323. The summed E-state index contributed by atoms with van der Waals surface area (Å²) in [7, 11) is 0. The van der Waals surface area contributed by atoms with E-state index in [1.165, 1.54) is 16.7 Å². The van der Waals surface area contributed by atoms with Crippen LogP contribution >= 0.6 is 11.8 Å². The van der Waals surface area contributed by atoms with E-state index in [2.05, 4.69) is 20.0 Å². The van der Waals surface area contributed by atoms with Gasteiger partial charge in [0.25, 0.3) is 0 Å². The van der Waals surface area contributed by atoms with Gasteiger partial charge in [-0.05, 0) is 19.1 Å². The largest absolute Gasteiger partial charge is 0.465 e. The molecule has 1 aromatic heterocycles. The number of thioether (sulfide) groups is 1. The first-order valence-corrected chi connectivity index (χ1v) is 8.39. The molecule has 1 fully saturated rings. The van der Waals surface area contributed by atoms with Crippen LogP contribution in [-0.4, -0.2) is 57.1 Å². The van der Waals surface area contributed by atoms with E-state index in [-0.39, 0.29) is 12.5 Å². The van der Waals surface area contributed by atoms with Gasteiger partial charge < -0.3 is 15.1 Å². The number of amides is 1. The summed E-state index contributed by atoms with van der Waals surface area (Å²) in [6.45, 7) is 0.869. The molecule has 0 aliphatic carbocycles. The van der Waals surface area contributed by atoms with Crippen LogP contribution in [0.4, 0.5) is 4.79 Å². The maximum atomic E-state index is 11.0. The molecule has 1 saturated heterocycles. The molecule has 1 atom stereocenters. The first-order chi connectivity index (χ1) is 11.1. The normalized spacial score (nSPS) is 16.7. The first kappa shape index (κ1) is 17.3. The molecule has 1 aliphatic rings. The molecule has 2 heterocycles. The number of piperidine rings is 1. The van der Waals surface area contributed by atoms with Crippen molar-refractivity contribution in [1.29, 1.82) is 5.53 Å². The van der Waals surface area contributed by atoms with E-state index in [9.17, 15) is 9.90 Å². The Kier molecular flexibility index (Phi) is 6.03. The van der Waals surface area contributed by atoms with Crippen molar-refractivity contribution in [3.63, 3.8) is 0 Å². The van der Waals surface area contributed by atoms with Crippen LogP contribution < -0.4 is 4.91 Å². The fourth-order valence-corrected chi connectivity index (χ4v) is 2.98. The Morgan fingerprint density at radius 3 is 2.87 bits per heavy atom. The van der Waals surface area contributed by atoms with Gasteiger partial charge in [0, 0.05) is 30.8 Å². The van der Waals surface area contributed by atoms with Crippen LogP contribution in [0.1, 0.15) is 36.1 Å². The van der Waals surface area contributed by atoms with Gasteiger partial charge in [0.2, 0.25) is 4.91 Å². The van der Waals surface area contributed by atoms with Crippen molar-refractivity contribution < 1.29 is 15.0 Å². The average molecular weight is 339 g/mol. The lowest BCUT2D eigenvalue weighted by Gasteiger charge is -2.30. The third-order valence-corrected chi connectivity index (χ3v) is 4.41.